The van der Waals surface area contributed by atoms with Crippen LogP contribution in [0.25, 0.3) is 5.69 Å². The zero-order valence-electron chi connectivity index (χ0n) is 19.6. The van der Waals surface area contributed by atoms with E-state index >= 15 is 0 Å². The molecule has 37 heavy (non-hydrogen) atoms. The van der Waals surface area contributed by atoms with Crippen LogP contribution in [0.15, 0.2) is 47.3 Å². The first-order valence-corrected chi connectivity index (χ1v) is 11.5. The Morgan fingerprint density at radius 1 is 1.03 bits per heavy atom. The summed E-state index contributed by atoms with van der Waals surface area (Å²) in [5.74, 6) is -2.59. The van der Waals surface area contributed by atoms with Gasteiger partial charge in [-0.2, -0.15) is 0 Å². The first-order valence-electron chi connectivity index (χ1n) is 11.1. The largest absolute Gasteiger partial charge is 0.487 e. The van der Waals surface area contributed by atoms with E-state index in [4.69, 9.17) is 16.3 Å². The molecule has 2 N–H and O–H groups in total. The summed E-state index contributed by atoms with van der Waals surface area (Å²) >= 11 is 6.29. The first kappa shape index (κ1) is 26.3. The number of ether oxygens (including phenoxy) is 1. The lowest BCUT2D eigenvalue weighted by Gasteiger charge is -2.18. The molecular weight excluding hydrogens is 512 g/mol. The summed E-state index contributed by atoms with van der Waals surface area (Å²) in [6.07, 6.45) is -0.184. The van der Waals surface area contributed by atoms with E-state index in [9.17, 15) is 33.4 Å². The van der Waals surface area contributed by atoms with Crippen LogP contribution in [0.4, 0.5) is 20.2 Å². The molecule has 1 aromatic heterocycles. The summed E-state index contributed by atoms with van der Waals surface area (Å²) in [5, 5.41) is 18.2. The standard InChI is InChI=1S/C25H22ClF2N3O6/c1-14-8-21(37-12-15-2-3-16(27)9-18(15)28)24(26)25(36)31(14)17-4-5-19-20(10-17)30(22(34)6-7-32)13-29(19)23(35)11-33/h2-5,8-10,32-33H,6-7,11-13H2,1H3. The summed E-state index contributed by atoms with van der Waals surface area (Å²) in [6.45, 7) is 0.0194. The second kappa shape index (κ2) is 10.7. The maximum absolute atomic E-state index is 13.9. The fraction of sp³-hybridized carbons (Fsp3) is 0.240. The van der Waals surface area contributed by atoms with Crippen molar-refractivity contribution < 1.29 is 33.3 Å². The zero-order valence-corrected chi connectivity index (χ0v) is 20.3. The number of carbonyl (C=O) groups excluding carboxylic acids is 2. The smallest absolute Gasteiger partial charge is 0.277 e. The Bertz CT molecular complexity index is 1440. The number of pyridine rings is 1. The molecule has 0 fully saturated rings. The lowest BCUT2D eigenvalue weighted by molar-refractivity contribution is -0.121. The molecule has 12 heteroatoms. The number of aromatic nitrogens is 1. The molecule has 0 radical (unpaired) electrons. The molecule has 1 aliphatic heterocycles. The first-order chi connectivity index (χ1) is 17.7. The monoisotopic (exact) mass is 533 g/mol. The van der Waals surface area contributed by atoms with E-state index in [1.165, 1.54) is 38.6 Å². The molecule has 9 nitrogen and oxygen atoms in total. The third-order valence-corrected chi connectivity index (χ3v) is 6.19. The lowest BCUT2D eigenvalue weighted by Crippen LogP contribution is -2.39. The minimum absolute atomic E-state index is 0.00442. The molecular formula is C25H22ClF2N3O6. The van der Waals surface area contributed by atoms with E-state index in [2.05, 4.69) is 0 Å². The van der Waals surface area contributed by atoms with Crippen molar-refractivity contribution >= 4 is 34.8 Å². The van der Waals surface area contributed by atoms with Gasteiger partial charge in [0.05, 0.1) is 30.1 Å². The van der Waals surface area contributed by atoms with Gasteiger partial charge in [0, 0.05) is 23.4 Å². The van der Waals surface area contributed by atoms with Crippen molar-refractivity contribution in [2.45, 2.75) is 20.0 Å². The average molecular weight is 534 g/mol. The molecule has 0 aliphatic carbocycles. The van der Waals surface area contributed by atoms with Crippen LogP contribution in [0.5, 0.6) is 5.75 Å². The zero-order chi connectivity index (χ0) is 26.9. The Balaban J connectivity index is 1.70. The third kappa shape index (κ3) is 5.06. The van der Waals surface area contributed by atoms with Gasteiger partial charge >= 0.3 is 0 Å². The summed E-state index contributed by atoms with van der Waals surface area (Å²) < 4.78 is 33.9. The lowest BCUT2D eigenvalue weighted by atomic mass is 10.2. The third-order valence-electron chi connectivity index (χ3n) is 5.84. The van der Waals surface area contributed by atoms with Gasteiger partial charge in [-0.1, -0.05) is 11.6 Å². The number of aryl methyl sites for hydroxylation is 1. The van der Waals surface area contributed by atoms with Gasteiger partial charge in [0.25, 0.3) is 11.5 Å². The van der Waals surface area contributed by atoms with Crippen LogP contribution in [0.2, 0.25) is 5.02 Å². The Labute approximate surface area is 214 Å². The number of rotatable bonds is 7. The maximum atomic E-state index is 13.9. The molecule has 0 bridgehead atoms. The van der Waals surface area contributed by atoms with Crippen LogP contribution < -0.4 is 20.1 Å². The second-order valence-electron chi connectivity index (χ2n) is 8.22. The van der Waals surface area contributed by atoms with Crippen molar-refractivity contribution in [3.8, 4) is 11.4 Å². The molecule has 0 unspecified atom stereocenters. The van der Waals surface area contributed by atoms with Gasteiger partial charge in [0.15, 0.2) is 0 Å². The normalized spacial score (nSPS) is 12.6. The Morgan fingerprint density at radius 3 is 2.43 bits per heavy atom. The predicted molar refractivity (Wildman–Crippen MR) is 131 cm³/mol. The van der Waals surface area contributed by atoms with Crippen LogP contribution in [-0.4, -0.2) is 46.5 Å². The maximum Gasteiger partial charge on any atom is 0.277 e. The molecule has 0 saturated carbocycles. The Hall–Kier alpha value is -3.80. The molecule has 2 aromatic carbocycles. The molecule has 0 saturated heterocycles. The number of aliphatic hydroxyl groups is 2. The number of amides is 2. The van der Waals surface area contributed by atoms with E-state index in [0.29, 0.717) is 22.8 Å². The summed E-state index contributed by atoms with van der Waals surface area (Å²) in [7, 11) is 0. The van der Waals surface area contributed by atoms with Crippen LogP contribution in [0.1, 0.15) is 17.7 Å². The van der Waals surface area contributed by atoms with Gasteiger partial charge < -0.3 is 14.9 Å². The van der Waals surface area contributed by atoms with Crippen molar-refractivity contribution in [1.29, 1.82) is 0 Å². The molecule has 0 spiro atoms. The predicted octanol–water partition coefficient (Wildman–Crippen LogP) is 2.67. The average Bonchev–Trinajstić information content (AvgIpc) is 3.25. The molecule has 2 heterocycles. The highest BCUT2D eigenvalue weighted by molar-refractivity contribution is 6.31. The minimum Gasteiger partial charge on any atom is -0.487 e. The molecule has 2 amide bonds. The van der Waals surface area contributed by atoms with E-state index < -0.39 is 42.2 Å². The van der Waals surface area contributed by atoms with Crippen molar-refractivity contribution in [2.24, 2.45) is 0 Å². The highest BCUT2D eigenvalue weighted by Gasteiger charge is 2.33. The number of hydrogen-bond donors (Lipinski definition) is 2. The van der Waals surface area contributed by atoms with Gasteiger partial charge in [0.1, 0.15) is 42.3 Å². The minimum atomic E-state index is -0.798. The van der Waals surface area contributed by atoms with Gasteiger partial charge in [-0.15, -0.1) is 0 Å². The molecule has 194 valence electrons. The summed E-state index contributed by atoms with van der Waals surface area (Å²) in [6, 6.07) is 9.13. The summed E-state index contributed by atoms with van der Waals surface area (Å²) in [5.41, 5.74) is 0.829. The fourth-order valence-corrected chi connectivity index (χ4v) is 4.23. The van der Waals surface area contributed by atoms with Crippen LogP contribution >= 0.6 is 11.6 Å². The molecule has 1 aliphatic rings. The van der Waals surface area contributed by atoms with Gasteiger partial charge in [-0.05, 0) is 37.3 Å². The Kier molecular flexibility index (Phi) is 7.58. The van der Waals surface area contributed by atoms with Crippen LogP contribution in [-0.2, 0) is 16.2 Å². The van der Waals surface area contributed by atoms with E-state index in [1.807, 2.05) is 0 Å². The number of anilines is 2. The van der Waals surface area contributed by atoms with Gasteiger partial charge in [-0.25, -0.2) is 8.78 Å². The number of aliphatic hydroxyl groups excluding tert-OH is 2. The van der Waals surface area contributed by atoms with Crippen molar-refractivity contribution in [2.75, 3.05) is 29.7 Å². The summed E-state index contributed by atoms with van der Waals surface area (Å²) in [4.78, 5) is 40.5. The van der Waals surface area contributed by atoms with Crippen molar-refractivity contribution in [3.05, 3.63) is 80.7 Å². The number of nitrogens with zero attached hydrogens (tertiary/aromatic N) is 3. The highest BCUT2D eigenvalue weighted by atomic mass is 35.5. The number of hydrogen-bond acceptors (Lipinski definition) is 6. The van der Waals surface area contributed by atoms with Crippen molar-refractivity contribution in [1.82, 2.24) is 4.57 Å². The number of carbonyl (C=O) groups is 2. The van der Waals surface area contributed by atoms with Gasteiger partial charge in [0.2, 0.25) is 5.91 Å². The Morgan fingerprint density at radius 2 is 1.76 bits per heavy atom. The second-order valence-corrected chi connectivity index (χ2v) is 8.60. The van der Waals surface area contributed by atoms with Crippen molar-refractivity contribution in [3.63, 3.8) is 0 Å². The van der Waals surface area contributed by atoms with Crippen LogP contribution in [0, 0.1) is 18.6 Å². The van der Waals surface area contributed by atoms with E-state index in [0.717, 1.165) is 12.1 Å². The topological polar surface area (TPSA) is 112 Å². The quantitative estimate of drug-likeness (QED) is 0.483. The molecule has 4 rings (SSSR count). The SMILES string of the molecule is Cc1cc(OCc2ccc(F)cc2F)c(Cl)c(=O)n1-c1ccc2c(c1)N(C(=O)CCO)CN2C(=O)CO. The number of halogens is 3. The molecule has 0 atom stereocenters. The van der Waals surface area contributed by atoms with Crippen LogP contribution in [0.3, 0.4) is 0 Å². The fourth-order valence-electron chi connectivity index (χ4n) is 4.03. The highest BCUT2D eigenvalue weighted by Crippen LogP contribution is 2.38. The number of fused-ring (bicyclic) bond motifs is 1. The van der Waals surface area contributed by atoms with E-state index in [1.54, 1.807) is 13.0 Å². The molecule has 3 aromatic rings. The van der Waals surface area contributed by atoms with Gasteiger partial charge in [-0.3, -0.25) is 28.8 Å². The number of benzene rings is 2. The van der Waals surface area contributed by atoms with E-state index in [-0.39, 0.29) is 36.0 Å².